The van der Waals surface area contributed by atoms with Gasteiger partial charge in [-0.25, -0.2) is 4.39 Å². The van der Waals surface area contributed by atoms with Crippen LogP contribution in [0.2, 0.25) is 0 Å². The van der Waals surface area contributed by atoms with Crippen molar-refractivity contribution in [2.45, 2.75) is 25.9 Å². The molecule has 0 fully saturated rings. The summed E-state index contributed by atoms with van der Waals surface area (Å²) in [6.45, 7) is 2.67. The molecule has 0 bridgehead atoms. The van der Waals surface area contributed by atoms with Gasteiger partial charge in [-0.05, 0) is 36.8 Å². The summed E-state index contributed by atoms with van der Waals surface area (Å²) < 4.78 is 15.2. The summed E-state index contributed by atoms with van der Waals surface area (Å²) in [4.78, 5) is 0. The van der Waals surface area contributed by atoms with Crippen molar-refractivity contribution >= 4 is 0 Å². The van der Waals surface area contributed by atoms with Crippen LogP contribution in [0.1, 0.15) is 18.2 Å². The number of hydrogen-bond donors (Lipinski definition) is 1. The van der Waals surface area contributed by atoms with E-state index in [1.165, 1.54) is 11.8 Å². The SMILES string of the molecule is CC(N)Cc1cccn1Cc1cccc(F)c1. The summed E-state index contributed by atoms with van der Waals surface area (Å²) in [7, 11) is 0. The highest BCUT2D eigenvalue weighted by atomic mass is 19.1. The van der Waals surface area contributed by atoms with Crippen molar-refractivity contribution in [3.05, 3.63) is 59.7 Å². The van der Waals surface area contributed by atoms with Crippen LogP contribution in [0, 0.1) is 5.82 Å². The molecule has 0 aliphatic rings. The highest BCUT2D eigenvalue weighted by Gasteiger charge is 2.04. The first kappa shape index (κ1) is 11.9. The van der Waals surface area contributed by atoms with Crippen molar-refractivity contribution < 1.29 is 4.39 Å². The maximum absolute atomic E-state index is 13.1. The van der Waals surface area contributed by atoms with E-state index >= 15 is 0 Å². The zero-order valence-corrected chi connectivity index (χ0v) is 9.94. The Labute approximate surface area is 101 Å². The van der Waals surface area contributed by atoms with Crippen LogP contribution in [0.15, 0.2) is 42.6 Å². The molecule has 0 spiro atoms. The van der Waals surface area contributed by atoms with Gasteiger partial charge < -0.3 is 10.3 Å². The molecular weight excluding hydrogens is 215 g/mol. The summed E-state index contributed by atoms with van der Waals surface area (Å²) in [6, 6.07) is 10.9. The second kappa shape index (κ2) is 5.15. The number of nitrogens with two attached hydrogens (primary N) is 1. The molecule has 0 amide bonds. The topological polar surface area (TPSA) is 30.9 Å². The van der Waals surface area contributed by atoms with Crippen LogP contribution in [0.4, 0.5) is 4.39 Å². The maximum Gasteiger partial charge on any atom is 0.123 e. The number of aromatic nitrogens is 1. The Hall–Kier alpha value is -1.61. The van der Waals surface area contributed by atoms with Crippen LogP contribution in [0.3, 0.4) is 0 Å². The van der Waals surface area contributed by atoms with Gasteiger partial charge in [-0.3, -0.25) is 0 Å². The molecule has 2 rings (SSSR count). The molecule has 2 N–H and O–H groups in total. The lowest BCUT2D eigenvalue weighted by Gasteiger charge is -2.11. The molecule has 1 aromatic heterocycles. The number of nitrogens with zero attached hydrogens (tertiary/aromatic N) is 1. The van der Waals surface area contributed by atoms with E-state index in [4.69, 9.17) is 5.73 Å². The van der Waals surface area contributed by atoms with Crippen LogP contribution in [0.5, 0.6) is 0 Å². The molecule has 0 saturated heterocycles. The van der Waals surface area contributed by atoms with Gasteiger partial charge in [-0.2, -0.15) is 0 Å². The average Bonchev–Trinajstić information content (AvgIpc) is 2.65. The van der Waals surface area contributed by atoms with Gasteiger partial charge in [0.25, 0.3) is 0 Å². The number of hydrogen-bond acceptors (Lipinski definition) is 1. The summed E-state index contributed by atoms with van der Waals surface area (Å²) in [5, 5.41) is 0. The third-order valence-electron chi connectivity index (χ3n) is 2.70. The predicted molar refractivity (Wildman–Crippen MR) is 67.3 cm³/mol. The molecular formula is C14H17FN2. The first-order valence-electron chi connectivity index (χ1n) is 5.79. The van der Waals surface area contributed by atoms with Crippen molar-refractivity contribution in [1.82, 2.24) is 4.57 Å². The van der Waals surface area contributed by atoms with Gasteiger partial charge >= 0.3 is 0 Å². The maximum atomic E-state index is 13.1. The summed E-state index contributed by atoms with van der Waals surface area (Å²) in [5.74, 6) is -0.191. The van der Waals surface area contributed by atoms with Gasteiger partial charge in [0.05, 0.1) is 0 Å². The molecule has 90 valence electrons. The van der Waals surface area contributed by atoms with E-state index in [0.717, 1.165) is 12.0 Å². The molecule has 17 heavy (non-hydrogen) atoms. The van der Waals surface area contributed by atoms with Gasteiger partial charge in [-0.15, -0.1) is 0 Å². The third-order valence-corrected chi connectivity index (χ3v) is 2.70. The lowest BCUT2D eigenvalue weighted by Crippen LogP contribution is -2.20. The van der Waals surface area contributed by atoms with E-state index in [2.05, 4.69) is 10.6 Å². The second-order valence-electron chi connectivity index (χ2n) is 4.44. The molecule has 1 unspecified atom stereocenters. The summed E-state index contributed by atoms with van der Waals surface area (Å²) in [5.41, 5.74) is 7.95. The standard InChI is InChI=1S/C14H17FN2/c1-11(16)8-14-6-3-7-17(14)10-12-4-2-5-13(15)9-12/h2-7,9,11H,8,10,16H2,1H3. The van der Waals surface area contributed by atoms with Crippen molar-refractivity contribution in [1.29, 1.82) is 0 Å². The van der Waals surface area contributed by atoms with Gasteiger partial charge in [0.1, 0.15) is 5.82 Å². The van der Waals surface area contributed by atoms with Crippen LogP contribution < -0.4 is 5.73 Å². The average molecular weight is 232 g/mol. The smallest absolute Gasteiger partial charge is 0.123 e. The van der Waals surface area contributed by atoms with Crippen LogP contribution in [0.25, 0.3) is 0 Å². The predicted octanol–water partition coefficient (Wildman–Crippen LogP) is 2.57. The molecule has 1 aromatic carbocycles. The molecule has 0 aliphatic carbocycles. The lowest BCUT2D eigenvalue weighted by molar-refractivity contribution is 0.620. The quantitative estimate of drug-likeness (QED) is 0.863. The minimum Gasteiger partial charge on any atom is -0.347 e. The van der Waals surface area contributed by atoms with Gasteiger partial charge in [0.15, 0.2) is 0 Å². The minimum atomic E-state index is -0.191. The van der Waals surface area contributed by atoms with Crippen molar-refractivity contribution in [3.63, 3.8) is 0 Å². The van der Waals surface area contributed by atoms with E-state index in [0.29, 0.717) is 6.54 Å². The zero-order chi connectivity index (χ0) is 12.3. The molecule has 2 nitrogen and oxygen atoms in total. The fourth-order valence-corrected chi connectivity index (χ4v) is 1.95. The van der Waals surface area contributed by atoms with E-state index in [1.807, 2.05) is 25.3 Å². The fourth-order valence-electron chi connectivity index (χ4n) is 1.95. The highest BCUT2D eigenvalue weighted by Crippen LogP contribution is 2.10. The molecule has 1 atom stereocenters. The largest absolute Gasteiger partial charge is 0.347 e. The second-order valence-corrected chi connectivity index (χ2v) is 4.44. The van der Waals surface area contributed by atoms with E-state index in [-0.39, 0.29) is 11.9 Å². The van der Waals surface area contributed by atoms with E-state index in [9.17, 15) is 4.39 Å². The molecule has 2 aromatic rings. The van der Waals surface area contributed by atoms with Crippen LogP contribution in [-0.2, 0) is 13.0 Å². The van der Waals surface area contributed by atoms with Gasteiger partial charge in [0.2, 0.25) is 0 Å². The molecule has 0 aliphatic heterocycles. The van der Waals surface area contributed by atoms with E-state index < -0.39 is 0 Å². The number of benzene rings is 1. The van der Waals surface area contributed by atoms with Gasteiger partial charge in [-0.1, -0.05) is 12.1 Å². The Balaban J connectivity index is 2.16. The monoisotopic (exact) mass is 232 g/mol. The Morgan fingerprint density at radius 1 is 1.29 bits per heavy atom. The molecule has 1 heterocycles. The first-order chi connectivity index (χ1) is 8.15. The van der Waals surface area contributed by atoms with Crippen molar-refractivity contribution in [2.75, 3.05) is 0 Å². The van der Waals surface area contributed by atoms with Crippen LogP contribution >= 0.6 is 0 Å². The number of rotatable bonds is 4. The third kappa shape index (κ3) is 3.17. The first-order valence-corrected chi connectivity index (χ1v) is 5.79. The Kier molecular flexibility index (Phi) is 3.59. The lowest BCUT2D eigenvalue weighted by atomic mass is 10.2. The highest BCUT2D eigenvalue weighted by molar-refractivity contribution is 5.19. The van der Waals surface area contributed by atoms with Crippen LogP contribution in [-0.4, -0.2) is 10.6 Å². The van der Waals surface area contributed by atoms with Gasteiger partial charge in [0, 0.05) is 30.9 Å². The Bertz CT molecular complexity index is 488. The van der Waals surface area contributed by atoms with Crippen molar-refractivity contribution in [2.24, 2.45) is 5.73 Å². The zero-order valence-electron chi connectivity index (χ0n) is 9.94. The normalized spacial score (nSPS) is 12.6. The molecule has 0 saturated carbocycles. The fraction of sp³-hybridized carbons (Fsp3) is 0.286. The van der Waals surface area contributed by atoms with Crippen molar-refractivity contribution in [3.8, 4) is 0 Å². The summed E-state index contributed by atoms with van der Waals surface area (Å²) >= 11 is 0. The Morgan fingerprint density at radius 3 is 2.82 bits per heavy atom. The van der Waals surface area contributed by atoms with E-state index in [1.54, 1.807) is 12.1 Å². The summed E-state index contributed by atoms with van der Waals surface area (Å²) in [6.07, 6.45) is 2.84. The molecule has 3 heteroatoms. The minimum absolute atomic E-state index is 0.135. The molecule has 0 radical (unpaired) electrons. The number of halogens is 1. The Morgan fingerprint density at radius 2 is 2.12 bits per heavy atom.